The molecule has 0 spiro atoms. The van der Waals surface area contributed by atoms with Crippen LogP contribution in [-0.4, -0.2) is 15.9 Å². The van der Waals surface area contributed by atoms with Gasteiger partial charge in [-0.05, 0) is 18.2 Å². The molecule has 2 rings (SSSR count). The molecule has 1 amide bonds. The van der Waals surface area contributed by atoms with Crippen LogP contribution in [0.3, 0.4) is 0 Å². The van der Waals surface area contributed by atoms with Gasteiger partial charge >= 0.3 is 0 Å². The van der Waals surface area contributed by atoms with E-state index in [1.54, 1.807) is 6.07 Å². The molecule has 0 radical (unpaired) electrons. The summed E-state index contributed by atoms with van der Waals surface area (Å²) < 4.78 is 14.0. The van der Waals surface area contributed by atoms with E-state index in [0.717, 1.165) is 0 Å². The summed E-state index contributed by atoms with van der Waals surface area (Å²) in [4.78, 5) is 17.9. The predicted molar refractivity (Wildman–Crippen MR) is 60.6 cm³/mol. The van der Waals surface area contributed by atoms with Crippen molar-refractivity contribution in [1.29, 1.82) is 0 Å². The fourth-order valence-electron chi connectivity index (χ4n) is 1.16. The summed E-state index contributed by atoms with van der Waals surface area (Å²) in [5.41, 5.74) is 0.397. The maximum atomic E-state index is 13.3. The molecule has 0 atom stereocenters. The van der Waals surface area contributed by atoms with Gasteiger partial charge in [0.05, 0.1) is 18.2 Å². The Balaban J connectivity index is 2.21. The molecule has 0 fully saturated rings. The SMILES string of the molecule is O=C(Nc1cc(Br)ccc1F)c1cnc[nH]1. The van der Waals surface area contributed by atoms with Crippen LogP contribution in [0.2, 0.25) is 0 Å². The van der Waals surface area contributed by atoms with Gasteiger partial charge < -0.3 is 10.3 Å². The zero-order valence-corrected chi connectivity index (χ0v) is 9.58. The Morgan fingerprint density at radius 2 is 2.31 bits per heavy atom. The van der Waals surface area contributed by atoms with Gasteiger partial charge in [0, 0.05) is 4.47 Å². The van der Waals surface area contributed by atoms with E-state index in [4.69, 9.17) is 0 Å². The van der Waals surface area contributed by atoms with Crippen molar-refractivity contribution < 1.29 is 9.18 Å². The molecule has 0 aliphatic heterocycles. The molecule has 0 unspecified atom stereocenters. The Kier molecular flexibility index (Phi) is 3.00. The van der Waals surface area contributed by atoms with Crippen molar-refractivity contribution in [3.8, 4) is 0 Å². The first-order chi connectivity index (χ1) is 7.66. The van der Waals surface area contributed by atoms with Gasteiger partial charge in [0.1, 0.15) is 11.5 Å². The molecule has 0 aliphatic carbocycles. The van der Waals surface area contributed by atoms with Gasteiger partial charge in [-0.1, -0.05) is 15.9 Å². The van der Waals surface area contributed by atoms with Crippen LogP contribution >= 0.6 is 15.9 Å². The van der Waals surface area contributed by atoms with Crippen molar-refractivity contribution >= 4 is 27.5 Å². The predicted octanol–water partition coefficient (Wildman–Crippen LogP) is 2.56. The van der Waals surface area contributed by atoms with Crippen LogP contribution < -0.4 is 5.32 Å². The molecule has 0 saturated carbocycles. The van der Waals surface area contributed by atoms with Gasteiger partial charge in [-0.3, -0.25) is 4.79 Å². The zero-order chi connectivity index (χ0) is 11.5. The van der Waals surface area contributed by atoms with Crippen molar-refractivity contribution in [3.63, 3.8) is 0 Å². The van der Waals surface area contributed by atoms with E-state index in [-0.39, 0.29) is 11.4 Å². The van der Waals surface area contributed by atoms with Crippen LogP contribution in [0.4, 0.5) is 10.1 Å². The summed E-state index contributed by atoms with van der Waals surface area (Å²) >= 11 is 3.20. The number of rotatable bonds is 2. The molecular weight excluding hydrogens is 277 g/mol. The summed E-state index contributed by atoms with van der Waals surface area (Å²) in [6.45, 7) is 0. The largest absolute Gasteiger partial charge is 0.341 e. The molecule has 1 heterocycles. The van der Waals surface area contributed by atoms with E-state index >= 15 is 0 Å². The molecule has 0 saturated heterocycles. The Morgan fingerprint density at radius 1 is 1.50 bits per heavy atom. The number of aromatic nitrogens is 2. The highest BCUT2D eigenvalue weighted by atomic mass is 79.9. The van der Waals surface area contributed by atoms with Crippen LogP contribution in [-0.2, 0) is 0 Å². The Labute approximate surface area is 99.0 Å². The standard InChI is InChI=1S/C10H7BrFN3O/c11-6-1-2-7(12)8(3-6)15-10(16)9-4-13-5-14-9/h1-5H,(H,13,14)(H,15,16). The fourth-order valence-corrected chi connectivity index (χ4v) is 1.52. The lowest BCUT2D eigenvalue weighted by Crippen LogP contribution is -2.13. The van der Waals surface area contributed by atoms with Crippen molar-refractivity contribution in [2.24, 2.45) is 0 Å². The lowest BCUT2D eigenvalue weighted by Gasteiger charge is -2.05. The fraction of sp³-hybridized carbons (Fsp3) is 0. The summed E-state index contributed by atoms with van der Waals surface area (Å²) in [6, 6.07) is 4.32. The molecule has 1 aromatic heterocycles. The molecule has 6 heteroatoms. The third-order valence-corrected chi connectivity index (χ3v) is 2.41. The van der Waals surface area contributed by atoms with Crippen LogP contribution in [0, 0.1) is 5.82 Å². The molecule has 1 aromatic carbocycles. The average molecular weight is 284 g/mol. The third kappa shape index (κ3) is 2.27. The molecule has 2 N–H and O–H groups in total. The summed E-state index contributed by atoms with van der Waals surface area (Å²) in [5.74, 6) is -0.925. The molecule has 4 nitrogen and oxygen atoms in total. The number of nitrogens with one attached hydrogen (secondary N) is 2. The lowest BCUT2D eigenvalue weighted by atomic mass is 10.3. The van der Waals surface area contributed by atoms with Crippen molar-refractivity contribution in [3.05, 3.63) is 46.7 Å². The molecular formula is C10H7BrFN3O. The van der Waals surface area contributed by atoms with E-state index in [0.29, 0.717) is 4.47 Å². The van der Waals surface area contributed by atoms with Gasteiger partial charge in [0.2, 0.25) is 0 Å². The van der Waals surface area contributed by atoms with Crippen molar-refractivity contribution in [1.82, 2.24) is 9.97 Å². The minimum absolute atomic E-state index is 0.119. The number of anilines is 1. The van der Waals surface area contributed by atoms with E-state index in [2.05, 4.69) is 31.2 Å². The Bertz CT molecular complexity index is 513. The number of hydrogen-bond donors (Lipinski definition) is 2. The van der Waals surface area contributed by atoms with Crippen molar-refractivity contribution in [2.45, 2.75) is 0 Å². The van der Waals surface area contributed by atoms with Gasteiger partial charge in [-0.25, -0.2) is 9.37 Å². The van der Waals surface area contributed by atoms with Gasteiger partial charge in [-0.2, -0.15) is 0 Å². The van der Waals surface area contributed by atoms with Crippen LogP contribution in [0.5, 0.6) is 0 Å². The highest BCUT2D eigenvalue weighted by Gasteiger charge is 2.10. The first kappa shape index (κ1) is 10.8. The smallest absolute Gasteiger partial charge is 0.273 e. The minimum atomic E-state index is -0.490. The first-order valence-electron chi connectivity index (χ1n) is 4.41. The third-order valence-electron chi connectivity index (χ3n) is 1.92. The number of H-pyrrole nitrogens is 1. The number of aromatic amines is 1. The highest BCUT2D eigenvalue weighted by molar-refractivity contribution is 9.10. The van der Waals surface area contributed by atoms with E-state index < -0.39 is 11.7 Å². The topological polar surface area (TPSA) is 57.8 Å². The van der Waals surface area contributed by atoms with Gasteiger partial charge in [0.25, 0.3) is 5.91 Å². The lowest BCUT2D eigenvalue weighted by molar-refractivity contribution is 0.102. The summed E-state index contributed by atoms with van der Waals surface area (Å²) in [7, 11) is 0. The maximum absolute atomic E-state index is 13.3. The van der Waals surface area contributed by atoms with E-state index in [1.165, 1.54) is 24.7 Å². The van der Waals surface area contributed by atoms with E-state index in [9.17, 15) is 9.18 Å². The molecule has 0 aliphatic rings. The first-order valence-corrected chi connectivity index (χ1v) is 5.21. The normalized spacial score (nSPS) is 10.1. The van der Waals surface area contributed by atoms with Crippen molar-refractivity contribution in [2.75, 3.05) is 5.32 Å². The second kappa shape index (κ2) is 4.44. The monoisotopic (exact) mass is 283 g/mol. The number of hydrogen-bond acceptors (Lipinski definition) is 2. The Morgan fingerprint density at radius 3 is 3.00 bits per heavy atom. The minimum Gasteiger partial charge on any atom is -0.341 e. The molecule has 16 heavy (non-hydrogen) atoms. The van der Waals surface area contributed by atoms with Crippen LogP contribution in [0.1, 0.15) is 10.5 Å². The number of amides is 1. The number of imidazole rings is 1. The molecule has 82 valence electrons. The quantitative estimate of drug-likeness (QED) is 0.890. The number of nitrogens with zero attached hydrogens (tertiary/aromatic N) is 1. The highest BCUT2D eigenvalue weighted by Crippen LogP contribution is 2.20. The maximum Gasteiger partial charge on any atom is 0.273 e. The van der Waals surface area contributed by atoms with Crippen LogP contribution in [0.15, 0.2) is 35.2 Å². The van der Waals surface area contributed by atoms with E-state index in [1.807, 2.05) is 0 Å². The van der Waals surface area contributed by atoms with Gasteiger partial charge in [-0.15, -0.1) is 0 Å². The Hall–Kier alpha value is -1.69. The zero-order valence-electron chi connectivity index (χ0n) is 8.00. The van der Waals surface area contributed by atoms with Crippen LogP contribution in [0.25, 0.3) is 0 Å². The number of carbonyl (C=O) groups excluding carboxylic acids is 1. The average Bonchev–Trinajstić information content (AvgIpc) is 2.76. The molecule has 2 aromatic rings. The number of benzene rings is 1. The number of halogens is 2. The second-order valence-electron chi connectivity index (χ2n) is 3.04. The number of carbonyl (C=O) groups is 1. The van der Waals surface area contributed by atoms with Gasteiger partial charge in [0.15, 0.2) is 0 Å². The second-order valence-corrected chi connectivity index (χ2v) is 3.96. The summed E-state index contributed by atoms with van der Waals surface area (Å²) in [6.07, 6.45) is 2.75. The summed E-state index contributed by atoms with van der Waals surface area (Å²) in [5, 5.41) is 2.44. The molecule has 0 bridgehead atoms.